The van der Waals surface area contributed by atoms with Gasteiger partial charge in [-0.2, -0.15) is 0 Å². The molecule has 0 radical (unpaired) electrons. The van der Waals surface area contributed by atoms with Crippen molar-refractivity contribution in [1.29, 1.82) is 0 Å². The number of rotatable bonds is 5. The zero-order chi connectivity index (χ0) is 17.3. The van der Waals surface area contributed by atoms with Crippen molar-refractivity contribution < 1.29 is 14.7 Å². The molecule has 1 unspecified atom stereocenters. The van der Waals surface area contributed by atoms with E-state index in [-0.39, 0.29) is 11.3 Å². The van der Waals surface area contributed by atoms with Crippen LogP contribution in [-0.2, 0) is 9.59 Å². The van der Waals surface area contributed by atoms with Crippen LogP contribution in [0.1, 0.15) is 65.7 Å². The molecular formula is C20H30O3. The van der Waals surface area contributed by atoms with E-state index in [4.69, 9.17) is 0 Å². The molecular weight excluding hydrogens is 288 g/mol. The quantitative estimate of drug-likeness (QED) is 0.451. The molecule has 2 saturated carbocycles. The Morgan fingerprint density at radius 3 is 2.70 bits per heavy atom. The first kappa shape index (κ1) is 18.0. The topological polar surface area (TPSA) is 54.4 Å². The van der Waals surface area contributed by atoms with Crippen molar-refractivity contribution in [3.63, 3.8) is 0 Å². The maximum atomic E-state index is 11.9. The van der Waals surface area contributed by atoms with E-state index in [1.54, 1.807) is 6.08 Å². The molecule has 4 atom stereocenters. The van der Waals surface area contributed by atoms with Crippen LogP contribution in [0.3, 0.4) is 0 Å². The SMILES string of the molecule is C=C1CCC2[C@](C)(CCC[C@]2(C)C(=O)O)[C@H]1CC/C(C)=C/C=O. The van der Waals surface area contributed by atoms with Gasteiger partial charge in [0.25, 0.3) is 0 Å². The highest BCUT2D eigenvalue weighted by molar-refractivity contribution is 5.75. The molecule has 3 heteroatoms. The number of carboxylic acids is 1. The zero-order valence-corrected chi connectivity index (χ0v) is 14.7. The summed E-state index contributed by atoms with van der Waals surface area (Å²) in [6.45, 7) is 10.5. The number of carbonyl (C=O) groups is 2. The van der Waals surface area contributed by atoms with E-state index in [0.717, 1.165) is 56.8 Å². The third-order valence-corrected chi connectivity index (χ3v) is 6.69. The highest BCUT2D eigenvalue weighted by Crippen LogP contribution is 2.62. The Kier molecular flexibility index (Phi) is 5.17. The molecule has 0 aliphatic heterocycles. The number of hydrogen-bond donors (Lipinski definition) is 1. The molecule has 3 nitrogen and oxygen atoms in total. The second-order valence-corrected chi connectivity index (χ2v) is 8.07. The monoisotopic (exact) mass is 318 g/mol. The van der Waals surface area contributed by atoms with Gasteiger partial charge < -0.3 is 5.11 Å². The third-order valence-electron chi connectivity index (χ3n) is 6.69. The second kappa shape index (κ2) is 6.62. The number of carbonyl (C=O) groups excluding carboxylic acids is 1. The Labute approximate surface area is 139 Å². The average molecular weight is 318 g/mol. The number of carboxylic acid groups (broad SMARTS) is 1. The number of hydrogen-bond acceptors (Lipinski definition) is 2. The van der Waals surface area contributed by atoms with E-state index in [0.29, 0.717) is 5.92 Å². The van der Waals surface area contributed by atoms with Gasteiger partial charge in [-0.05, 0) is 75.7 Å². The van der Waals surface area contributed by atoms with E-state index in [1.165, 1.54) is 5.57 Å². The molecule has 0 aromatic rings. The Morgan fingerprint density at radius 1 is 1.39 bits per heavy atom. The van der Waals surface area contributed by atoms with Crippen LogP contribution in [0.15, 0.2) is 23.8 Å². The van der Waals surface area contributed by atoms with Crippen molar-refractivity contribution in [3.05, 3.63) is 23.8 Å². The van der Waals surface area contributed by atoms with E-state index in [9.17, 15) is 14.7 Å². The van der Waals surface area contributed by atoms with Crippen LogP contribution in [0, 0.1) is 22.7 Å². The van der Waals surface area contributed by atoms with Gasteiger partial charge in [-0.1, -0.05) is 31.1 Å². The highest BCUT2D eigenvalue weighted by Gasteiger charge is 2.57. The molecule has 0 saturated heterocycles. The number of aldehydes is 1. The molecule has 0 aromatic heterocycles. The van der Waals surface area contributed by atoms with Crippen molar-refractivity contribution in [2.45, 2.75) is 65.7 Å². The van der Waals surface area contributed by atoms with Gasteiger partial charge in [-0.3, -0.25) is 9.59 Å². The maximum Gasteiger partial charge on any atom is 0.309 e. The minimum atomic E-state index is -0.642. The van der Waals surface area contributed by atoms with Gasteiger partial charge in [0.05, 0.1) is 5.41 Å². The fraction of sp³-hybridized carbons (Fsp3) is 0.700. The summed E-state index contributed by atoms with van der Waals surface area (Å²) in [7, 11) is 0. The van der Waals surface area contributed by atoms with Gasteiger partial charge in [0.1, 0.15) is 6.29 Å². The lowest BCUT2D eigenvalue weighted by molar-refractivity contribution is -0.164. The van der Waals surface area contributed by atoms with E-state index < -0.39 is 11.4 Å². The Morgan fingerprint density at radius 2 is 2.09 bits per heavy atom. The van der Waals surface area contributed by atoms with Crippen molar-refractivity contribution in [2.24, 2.45) is 22.7 Å². The van der Waals surface area contributed by atoms with Gasteiger partial charge in [0.15, 0.2) is 0 Å². The van der Waals surface area contributed by atoms with Crippen molar-refractivity contribution in [3.8, 4) is 0 Å². The lowest BCUT2D eigenvalue weighted by Gasteiger charge is -2.57. The summed E-state index contributed by atoms with van der Waals surface area (Å²) in [5.41, 5.74) is 1.77. The molecule has 2 aliphatic rings. The largest absolute Gasteiger partial charge is 0.481 e. The fourth-order valence-corrected chi connectivity index (χ4v) is 5.31. The first-order valence-electron chi connectivity index (χ1n) is 8.77. The second-order valence-electron chi connectivity index (χ2n) is 8.07. The maximum absolute atomic E-state index is 11.9. The molecule has 0 heterocycles. The molecule has 0 spiro atoms. The number of fused-ring (bicyclic) bond motifs is 1. The predicted octanol–water partition coefficient (Wildman–Crippen LogP) is 4.78. The van der Waals surface area contributed by atoms with Crippen LogP contribution < -0.4 is 0 Å². The summed E-state index contributed by atoms with van der Waals surface area (Å²) in [6, 6.07) is 0. The van der Waals surface area contributed by atoms with Gasteiger partial charge >= 0.3 is 5.97 Å². The minimum Gasteiger partial charge on any atom is -0.481 e. The van der Waals surface area contributed by atoms with Crippen molar-refractivity contribution >= 4 is 12.3 Å². The van der Waals surface area contributed by atoms with Crippen molar-refractivity contribution in [1.82, 2.24) is 0 Å². The molecule has 0 aromatic carbocycles. The third kappa shape index (κ3) is 3.15. The Bertz CT molecular complexity index is 533. The first-order chi connectivity index (χ1) is 10.8. The molecule has 0 amide bonds. The average Bonchev–Trinajstić information content (AvgIpc) is 2.46. The Balaban J connectivity index is 2.27. The molecule has 2 fully saturated rings. The first-order valence-corrected chi connectivity index (χ1v) is 8.77. The smallest absolute Gasteiger partial charge is 0.309 e. The zero-order valence-electron chi connectivity index (χ0n) is 14.7. The standard InChI is InChI=1S/C20H30O3/c1-14(10-13-21)6-8-16-15(2)7-9-17-19(16,3)11-5-12-20(17,4)18(22)23/h10,13,16-17H,2,5-9,11-12H2,1,3-4H3,(H,22,23)/b14-10+/t16-,17?,19+,20-/m0/s1. The molecule has 2 rings (SSSR count). The normalized spacial score (nSPS) is 38.0. The van der Waals surface area contributed by atoms with E-state index in [1.807, 2.05) is 13.8 Å². The lowest BCUT2D eigenvalue weighted by atomic mass is 9.46. The number of allylic oxidation sites excluding steroid dienone is 3. The summed E-state index contributed by atoms with van der Waals surface area (Å²) >= 11 is 0. The van der Waals surface area contributed by atoms with Gasteiger partial charge in [0, 0.05) is 0 Å². The summed E-state index contributed by atoms with van der Waals surface area (Å²) in [5, 5.41) is 9.82. The Hall–Kier alpha value is -1.38. The van der Waals surface area contributed by atoms with Crippen molar-refractivity contribution in [2.75, 3.05) is 0 Å². The summed E-state index contributed by atoms with van der Waals surface area (Å²) in [6.07, 6.45) is 9.05. The molecule has 128 valence electrons. The highest BCUT2D eigenvalue weighted by atomic mass is 16.4. The summed E-state index contributed by atoms with van der Waals surface area (Å²) < 4.78 is 0. The van der Waals surface area contributed by atoms with Gasteiger partial charge in [0.2, 0.25) is 0 Å². The van der Waals surface area contributed by atoms with Gasteiger partial charge in [-0.15, -0.1) is 0 Å². The predicted molar refractivity (Wildman–Crippen MR) is 92.1 cm³/mol. The van der Waals surface area contributed by atoms with E-state index in [2.05, 4.69) is 13.5 Å². The fourth-order valence-electron chi connectivity index (χ4n) is 5.31. The van der Waals surface area contributed by atoms with Crippen LogP contribution in [0.5, 0.6) is 0 Å². The molecule has 0 bridgehead atoms. The molecule has 2 aliphatic carbocycles. The summed E-state index contributed by atoms with van der Waals surface area (Å²) in [5.74, 6) is -0.0703. The van der Waals surface area contributed by atoms with Crippen LogP contribution in [0.2, 0.25) is 0 Å². The molecule has 1 N–H and O–H groups in total. The number of aliphatic carboxylic acids is 1. The summed E-state index contributed by atoms with van der Waals surface area (Å²) in [4.78, 5) is 22.6. The van der Waals surface area contributed by atoms with Gasteiger partial charge in [-0.25, -0.2) is 0 Å². The van der Waals surface area contributed by atoms with Crippen LogP contribution in [0.25, 0.3) is 0 Å². The van der Waals surface area contributed by atoms with E-state index >= 15 is 0 Å². The van der Waals surface area contributed by atoms with Crippen LogP contribution in [0.4, 0.5) is 0 Å². The van der Waals surface area contributed by atoms with Crippen LogP contribution >= 0.6 is 0 Å². The van der Waals surface area contributed by atoms with Crippen LogP contribution in [-0.4, -0.2) is 17.4 Å². The molecule has 23 heavy (non-hydrogen) atoms. The lowest BCUT2D eigenvalue weighted by Crippen LogP contribution is -2.53. The minimum absolute atomic E-state index is 0.0161.